The minimum Gasteiger partial charge on any atom is -0.396 e. The predicted molar refractivity (Wildman–Crippen MR) is 78.8 cm³/mol. The Morgan fingerprint density at radius 3 is 2.80 bits per heavy atom. The molecule has 0 aromatic carbocycles. The molecule has 20 heavy (non-hydrogen) atoms. The zero-order chi connectivity index (χ0) is 14.6. The second-order valence-corrected chi connectivity index (χ2v) is 7.83. The van der Waals surface area contributed by atoms with E-state index in [2.05, 4.69) is 9.71 Å². The molecule has 1 aromatic heterocycles. The highest BCUT2D eigenvalue weighted by Gasteiger charge is 2.27. The van der Waals surface area contributed by atoms with Crippen molar-refractivity contribution < 1.29 is 13.5 Å². The quantitative estimate of drug-likeness (QED) is 0.812. The van der Waals surface area contributed by atoms with Gasteiger partial charge in [0.1, 0.15) is 0 Å². The second kappa shape index (κ2) is 6.95. The van der Waals surface area contributed by atoms with Crippen LogP contribution >= 0.6 is 11.3 Å². The summed E-state index contributed by atoms with van der Waals surface area (Å²) in [4.78, 5) is 4.19. The molecule has 2 rings (SSSR count). The van der Waals surface area contributed by atoms with Gasteiger partial charge in [-0.05, 0) is 18.8 Å². The van der Waals surface area contributed by atoms with Crippen LogP contribution in [0, 0.1) is 5.92 Å². The Balaban J connectivity index is 1.85. The molecule has 2 heterocycles. The van der Waals surface area contributed by atoms with Crippen LogP contribution in [-0.4, -0.2) is 49.1 Å². The molecular formula is C12H21N3O3S2. The Kier molecular flexibility index (Phi) is 5.50. The number of hydrogen-bond acceptors (Lipinski definition) is 5. The fourth-order valence-electron chi connectivity index (χ4n) is 2.22. The molecule has 2 N–H and O–H groups in total. The molecule has 0 radical (unpaired) electrons. The minimum atomic E-state index is -3.42. The van der Waals surface area contributed by atoms with Gasteiger partial charge in [-0.1, -0.05) is 6.92 Å². The number of rotatable bonds is 6. The topological polar surface area (TPSA) is 82.5 Å². The molecular weight excluding hydrogens is 298 g/mol. The Labute approximate surface area is 124 Å². The molecule has 8 heteroatoms. The molecule has 1 aromatic rings. The van der Waals surface area contributed by atoms with Crippen LogP contribution in [0.4, 0.5) is 0 Å². The van der Waals surface area contributed by atoms with Gasteiger partial charge in [-0.25, -0.2) is 9.71 Å². The van der Waals surface area contributed by atoms with Crippen LogP contribution in [0.2, 0.25) is 0 Å². The van der Waals surface area contributed by atoms with E-state index in [1.807, 2.05) is 12.3 Å². The van der Waals surface area contributed by atoms with E-state index < -0.39 is 10.2 Å². The van der Waals surface area contributed by atoms with Crippen LogP contribution < -0.4 is 4.72 Å². The molecule has 1 aliphatic rings. The number of thiazole rings is 1. The lowest BCUT2D eigenvalue weighted by Crippen LogP contribution is -2.46. The normalized spacial score (nSPS) is 20.1. The summed E-state index contributed by atoms with van der Waals surface area (Å²) in [5.74, 6) is 0.301. The number of hydrogen-bond donors (Lipinski definition) is 2. The van der Waals surface area contributed by atoms with Gasteiger partial charge in [0.15, 0.2) is 0 Å². The van der Waals surface area contributed by atoms with Gasteiger partial charge in [0.25, 0.3) is 10.2 Å². The van der Waals surface area contributed by atoms with Crippen molar-refractivity contribution in [1.29, 1.82) is 0 Å². The third-order valence-electron chi connectivity index (χ3n) is 3.62. The van der Waals surface area contributed by atoms with E-state index >= 15 is 0 Å². The number of aromatic nitrogens is 1. The molecule has 1 aliphatic heterocycles. The molecule has 6 nitrogen and oxygen atoms in total. The Bertz CT molecular complexity index is 496. The minimum absolute atomic E-state index is 0.0692. The lowest BCUT2D eigenvalue weighted by atomic mass is 10.00. The SMILES string of the molecule is CC(CNS(=O)(=O)N1CCC(CO)CC1)c1nccs1. The van der Waals surface area contributed by atoms with E-state index in [1.165, 1.54) is 15.6 Å². The largest absolute Gasteiger partial charge is 0.396 e. The summed E-state index contributed by atoms with van der Waals surface area (Å²) >= 11 is 1.53. The number of aliphatic hydroxyl groups is 1. The first-order valence-electron chi connectivity index (χ1n) is 6.78. The number of nitrogens with zero attached hydrogens (tertiary/aromatic N) is 2. The molecule has 0 saturated carbocycles. The third-order valence-corrected chi connectivity index (χ3v) is 6.20. The van der Waals surface area contributed by atoms with Crippen LogP contribution in [0.25, 0.3) is 0 Å². The maximum Gasteiger partial charge on any atom is 0.279 e. The Hall–Kier alpha value is -0.540. The summed E-state index contributed by atoms with van der Waals surface area (Å²) in [5, 5.41) is 11.9. The Morgan fingerprint density at radius 2 is 2.25 bits per heavy atom. The van der Waals surface area contributed by atoms with Crippen molar-refractivity contribution in [3.05, 3.63) is 16.6 Å². The van der Waals surface area contributed by atoms with Crippen molar-refractivity contribution in [2.45, 2.75) is 25.7 Å². The molecule has 1 saturated heterocycles. The third kappa shape index (κ3) is 3.98. The zero-order valence-electron chi connectivity index (χ0n) is 11.5. The van der Waals surface area contributed by atoms with E-state index in [0.717, 1.165) is 17.8 Å². The summed E-state index contributed by atoms with van der Waals surface area (Å²) in [6, 6.07) is 0. The smallest absolute Gasteiger partial charge is 0.279 e. The predicted octanol–water partition coefficient (Wildman–Crippen LogP) is 0.785. The van der Waals surface area contributed by atoms with E-state index in [1.54, 1.807) is 6.20 Å². The van der Waals surface area contributed by atoms with E-state index in [0.29, 0.717) is 19.6 Å². The molecule has 1 unspecified atom stereocenters. The molecule has 0 amide bonds. The number of nitrogens with one attached hydrogen (secondary N) is 1. The van der Waals surface area contributed by atoms with Gasteiger partial charge in [-0.15, -0.1) is 11.3 Å². The molecule has 1 atom stereocenters. The fourth-order valence-corrected chi connectivity index (χ4v) is 4.25. The molecule has 114 valence electrons. The van der Waals surface area contributed by atoms with E-state index in [9.17, 15) is 8.42 Å². The first-order chi connectivity index (χ1) is 9.53. The van der Waals surface area contributed by atoms with Gasteiger partial charge in [-0.3, -0.25) is 0 Å². The van der Waals surface area contributed by atoms with Crippen molar-refractivity contribution >= 4 is 21.5 Å². The van der Waals surface area contributed by atoms with Gasteiger partial charge in [0.05, 0.1) is 5.01 Å². The van der Waals surface area contributed by atoms with Crippen molar-refractivity contribution in [1.82, 2.24) is 14.0 Å². The fraction of sp³-hybridized carbons (Fsp3) is 0.750. The van der Waals surface area contributed by atoms with Gasteiger partial charge in [-0.2, -0.15) is 12.7 Å². The van der Waals surface area contributed by atoms with E-state index in [4.69, 9.17) is 5.11 Å². The van der Waals surface area contributed by atoms with Crippen LogP contribution in [0.15, 0.2) is 11.6 Å². The van der Waals surface area contributed by atoms with Gasteiger partial charge in [0, 0.05) is 43.7 Å². The van der Waals surface area contributed by atoms with Crippen LogP contribution in [-0.2, 0) is 10.2 Å². The molecule has 0 aliphatic carbocycles. The lowest BCUT2D eigenvalue weighted by Gasteiger charge is -2.30. The number of piperidine rings is 1. The highest BCUT2D eigenvalue weighted by molar-refractivity contribution is 7.87. The Morgan fingerprint density at radius 1 is 1.55 bits per heavy atom. The zero-order valence-corrected chi connectivity index (χ0v) is 13.2. The maximum absolute atomic E-state index is 12.2. The van der Waals surface area contributed by atoms with Crippen molar-refractivity contribution in [2.24, 2.45) is 5.92 Å². The highest BCUT2D eigenvalue weighted by Crippen LogP contribution is 2.20. The van der Waals surface area contributed by atoms with Crippen LogP contribution in [0.1, 0.15) is 30.7 Å². The van der Waals surface area contributed by atoms with E-state index in [-0.39, 0.29) is 18.4 Å². The van der Waals surface area contributed by atoms with Gasteiger partial charge < -0.3 is 5.11 Å². The van der Waals surface area contributed by atoms with Crippen molar-refractivity contribution in [3.8, 4) is 0 Å². The lowest BCUT2D eigenvalue weighted by molar-refractivity contribution is 0.169. The summed E-state index contributed by atoms with van der Waals surface area (Å²) in [7, 11) is -3.42. The second-order valence-electron chi connectivity index (χ2n) is 5.15. The molecule has 0 spiro atoms. The average Bonchev–Trinajstić information content (AvgIpc) is 2.99. The highest BCUT2D eigenvalue weighted by atomic mass is 32.2. The maximum atomic E-state index is 12.2. The van der Waals surface area contributed by atoms with Crippen molar-refractivity contribution in [3.63, 3.8) is 0 Å². The van der Waals surface area contributed by atoms with Crippen LogP contribution in [0.3, 0.4) is 0 Å². The molecule has 0 bridgehead atoms. The first-order valence-corrected chi connectivity index (χ1v) is 9.10. The number of aliphatic hydroxyl groups excluding tert-OH is 1. The van der Waals surface area contributed by atoms with Crippen molar-refractivity contribution in [2.75, 3.05) is 26.2 Å². The summed E-state index contributed by atoms with van der Waals surface area (Å²) in [5.41, 5.74) is 0. The average molecular weight is 319 g/mol. The summed E-state index contributed by atoms with van der Waals surface area (Å²) in [6.07, 6.45) is 3.17. The van der Waals surface area contributed by atoms with Gasteiger partial charge >= 0.3 is 0 Å². The monoisotopic (exact) mass is 319 g/mol. The first kappa shape index (κ1) is 15.8. The summed E-state index contributed by atoms with van der Waals surface area (Å²) < 4.78 is 28.5. The van der Waals surface area contributed by atoms with Crippen LogP contribution in [0.5, 0.6) is 0 Å². The van der Waals surface area contributed by atoms with Gasteiger partial charge in [0.2, 0.25) is 0 Å². The summed E-state index contributed by atoms with van der Waals surface area (Å²) in [6.45, 7) is 3.41. The standard InChI is InChI=1S/C12H21N3O3S2/c1-10(12-13-4-7-19-12)8-14-20(17,18)15-5-2-11(9-16)3-6-15/h4,7,10-11,14,16H,2-3,5-6,8-9H2,1H3. The molecule has 1 fully saturated rings.